The van der Waals surface area contributed by atoms with Crippen LogP contribution in [0, 0.1) is 5.41 Å². The van der Waals surface area contributed by atoms with E-state index in [0.717, 1.165) is 19.6 Å². The Balaban J connectivity index is 2.00. The molecule has 4 nitrogen and oxygen atoms in total. The largest absolute Gasteiger partial charge is 0.395 e. The Labute approximate surface area is 117 Å². The molecule has 2 aliphatic heterocycles. The average molecular weight is 269 g/mol. The molecule has 2 fully saturated rings. The maximum Gasteiger partial charge on any atom is 0.0602 e. The zero-order chi connectivity index (χ0) is 14.0. The van der Waals surface area contributed by atoms with Crippen molar-refractivity contribution >= 4 is 0 Å². The highest BCUT2D eigenvalue weighted by atomic mass is 16.3. The van der Waals surface area contributed by atoms with Crippen LogP contribution in [0.5, 0.6) is 0 Å². The predicted octanol–water partition coefficient (Wildman–Crippen LogP) is 0.891. The van der Waals surface area contributed by atoms with Gasteiger partial charge in [-0.3, -0.25) is 9.80 Å². The van der Waals surface area contributed by atoms with Crippen LogP contribution in [0.4, 0.5) is 0 Å². The fraction of sp³-hybridized carbons (Fsp3) is 1.00. The lowest BCUT2D eigenvalue weighted by Gasteiger charge is -2.48. The minimum Gasteiger partial charge on any atom is -0.395 e. The van der Waals surface area contributed by atoms with E-state index in [1.165, 1.54) is 25.8 Å². The molecule has 0 radical (unpaired) electrons. The Bertz CT molecular complexity index is 290. The molecule has 0 spiro atoms. The van der Waals surface area contributed by atoms with Gasteiger partial charge < -0.3 is 10.8 Å². The van der Waals surface area contributed by atoms with Gasteiger partial charge in [0.2, 0.25) is 0 Å². The Hall–Kier alpha value is -0.160. The van der Waals surface area contributed by atoms with E-state index >= 15 is 0 Å². The second-order valence-electron chi connectivity index (χ2n) is 7.32. The second-order valence-corrected chi connectivity index (χ2v) is 7.32. The fourth-order valence-corrected chi connectivity index (χ4v) is 3.51. The van der Waals surface area contributed by atoms with E-state index in [1.807, 2.05) is 0 Å². The summed E-state index contributed by atoms with van der Waals surface area (Å²) in [4.78, 5) is 5.06. The standard InChI is InChI=1S/C15H31N3O/c1-15(2,3)14(16)13(11-19)18-9-8-17-7-5-4-6-12(17)10-18/h12-14,19H,4-11,16H2,1-3H3. The number of hydrogen-bond donors (Lipinski definition) is 2. The first-order valence-electron chi connectivity index (χ1n) is 7.78. The van der Waals surface area contributed by atoms with Crippen molar-refractivity contribution in [3.63, 3.8) is 0 Å². The molecule has 0 bridgehead atoms. The van der Waals surface area contributed by atoms with Crippen molar-refractivity contribution in [2.45, 2.75) is 58.2 Å². The van der Waals surface area contributed by atoms with Gasteiger partial charge >= 0.3 is 0 Å². The number of aliphatic hydroxyl groups is 1. The quantitative estimate of drug-likeness (QED) is 0.799. The van der Waals surface area contributed by atoms with E-state index in [0.29, 0.717) is 6.04 Å². The summed E-state index contributed by atoms with van der Waals surface area (Å²) < 4.78 is 0. The van der Waals surface area contributed by atoms with Crippen LogP contribution in [-0.2, 0) is 0 Å². The minimum absolute atomic E-state index is 0.0210. The van der Waals surface area contributed by atoms with Crippen molar-refractivity contribution in [1.29, 1.82) is 0 Å². The molecule has 0 aromatic rings. The number of fused-ring (bicyclic) bond motifs is 1. The number of hydrogen-bond acceptors (Lipinski definition) is 4. The Morgan fingerprint density at radius 3 is 2.58 bits per heavy atom. The molecule has 3 unspecified atom stereocenters. The summed E-state index contributed by atoms with van der Waals surface area (Å²) in [5, 5.41) is 9.77. The molecular formula is C15H31N3O. The van der Waals surface area contributed by atoms with Crippen LogP contribution in [0.15, 0.2) is 0 Å². The van der Waals surface area contributed by atoms with Crippen LogP contribution < -0.4 is 5.73 Å². The van der Waals surface area contributed by atoms with Gasteiger partial charge in [-0.15, -0.1) is 0 Å². The van der Waals surface area contributed by atoms with Gasteiger partial charge in [0.1, 0.15) is 0 Å². The average Bonchev–Trinajstić information content (AvgIpc) is 2.38. The molecule has 2 heterocycles. The van der Waals surface area contributed by atoms with Crippen molar-refractivity contribution in [2.24, 2.45) is 11.1 Å². The maximum absolute atomic E-state index is 9.77. The summed E-state index contributed by atoms with van der Waals surface area (Å²) in [6.07, 6.45) is 4.00. The van der Waals surface area contributed by atoms with Gasteiger partial charge in [-0.2, -0.15) is 0 Å². The molecule has 2 rings (SSSR count). The summed E-state index contributed by atoms with van der Waals surface area (Å²) in [6, 6.07) is 0.806. The van der Waals surface area contributed by atoms with Gasteiger partial charge in [-0.25, -0.2) is 0 Å². The van der Waals surface area contributed by atoms with Gasteiger partial charge in [0, 0.05) is 37.8 Å². The molecule has 0 aromatic carbocycles. The van der Waals surface area contributed by atoms with E-state index in [2.05, 4.69) is 30.6 Å². The monoisotopic (exact) mass is 269 g/mol. The van der Waals surface area contributed by atoms with Crippen LogP contribution in [0.25, 0.3) is 0 Å². The van der Waals surface area contributed by atoms with Crippen molar-refractivity contribution in [3.8, 4) is 0 Å². The molecule has 0 amide bonds. The zero-order valence-corrected chi connectivity index (χ0v) is 12.8. The minimum atomic E-state index is 0.0210. The normalized spacial score (nSPS) is 29.8. The molecule has 3 N–H and O–H groups in total. The van der Waals surface area contributed by atoms with Crippen LogP contribution in [0.3, 0.4) is 0 Å². The van der Waals surface area contributed by atoms with E-state index < -0.39 is 0 Å². The van der Waals surface area contributed by atoms with Crippen LogP contribution >= 0.6 is 0 Å². The second kappa shape index (κ2) is 6.08. The highest BCUT2D eigenvalue weighted by Gasteiger charge is 2.37. The molecule has 3 atom stereocenters. The predicted molar refractivity (Wildman–Crippen MR) is 79.1 cm³/mol. The third-order valence-corrected chi connectivity index (χ3v) is 4.94. The summed E-state index contributed by atoms with van der Waals surface area (Å²) in [5.41, 5.74) is 6.43. The van der Waals surface area contributed by atoms with Crippen LogP contribution in [0.2, 0.25) is 0 Å². The molecule has 0 aromatic heterocycles. The molecule has 112 valence electrons. The van der Waals surface area contributed by atoms with Gasteiger partial charge in [0.15, 0.2) is 0 Å². The van der Waals surface area contributed by atoms with Crippen LogP contribution in [-0.4, -0.2) is 65.8 Å². The first-order chi connectivity index (χ1) is 8.93. The highest BCUT2D eigenvalue weighted by molar-refractivity contribution is 4.94. The van der Waals surface area contributed by atoms with Gasteiger partial charge in [-0.1, -0.05) is 27.2 Å². The molecule has 2 saturated heterocycles. The number of piperazine rings is 1. The number of nitrogens with zero attached hydrogens (tertiary/aromatic N) is 2. The lowest BCUT2D eigenvalue weighted by atomic mass is 9.82. The van der Waals surface area contributed by atoms with Crippen molar-refractivity contribution in [3.05, 3.63) is 0 Å². The number of piperidine rings is 1. The van der Waals surface area contributed by atoms with Crippen molar-refractivity contribution in [1.82, 2.24) is 9.80 Å². The van der Waals surface area contributed by atoms with E-state index in [-0.39, 0.29) is 24.1 Å². The first-order valence-corrected chi connectivity index (χ1v) is 7.78. The van der Waals surface area contributed by atoms with E-state index in [9.17, 15) is 5.11 Å². The van der Waals surface area contributed by atoms with Gasteiger partial charge in [0.25, 0.3) is 0 Å². The zero-order valence-electron chi connectivity index (χ0n) is 12.8. The van der Waals surface area contributed by atoms with E-state index in [1.54, 1.807) is 0 Å². The number of aliphatic hydroxyl groups excluding tert-OH is 1. The summed E-state index contributed by atoms with van der Waals surface area (Å²) >= 11 is 0. The first kappa shape index (κ1) is 15.2. The van der Waals surface area contributed by atoms with Crippen molar-refractivity contribution < 1.29 is 5.11 Å². The molecule has 2 aliphatic rings. The third-order valence-electron chi connectivity index (χ3n) is 4.94. The number of rotatable bonds is 3. The van der Waals surface area contributed by atoms with Gasteiger partial charge in [0.05, 0.1) is 6.61 Å². The number of nitrogens with two attached hydrogens (primary N) is 1. The molecule has 0 saturated carbocycles. The molecule has 19 heavy (non-hydrogen) atoms. The van der Waals surface area contributed by atoms with Crippen LogP contribution in [0.1, 0.15) is 40.0 Å². The smallest absolute Gasteiger partial charge is 0.0602 e. The van der Waals surface area contributed by atoms with Gasteiger partial charge in [-0.05, 0) is 24.8 Å². The molecular weight excluding hydrogens is 238 g/mol. The molecule has 0 aliphatic carbocycles. The topological polar surface area (TPSA) is 52.7 Å². The lowest BCUT2D eigenvalue weighted by molar-refractivity contribution is -0.00657. The maximum atomic E-state index is 9.77. The Kier molecular flexibility index (Phi) is 4.88. The van der Waals surface area contributed by atoms with Crippen molar-refractivity contribution in [2.75, 3.05) is 32.8 Å². The third kappa shape index (κ3) is 3.48. The Morgan fingerprint density at radius 2 is 1.95 bits per heavy atom. The lowest BCUT2D eigenvalue weighted by Crippen LogP contribution is -2.63. The Morgan fingerprint density at radius 1 is 1.21 bits per heavy atom. The fourth-order valence-electron chi connectivity index (χ4n) is 3.51. The summed E-state index contributed by atoms with van der Waals surface area (Å²) in [5.74, 6) is 0. The SMILES string of the molecule is CC(C)(C)C(N)C(CO)N1CCN2CCCCC2C1. The molecule has 4 heteroatoms. The summed E-state index contributed by atoms with van der Waals surface area (Å²) in [7, 11) is 0. The highest BCUT2D eigenvalue weighted by Crippen LogP contribution is 2.27. The van der Waals surface area contributed by atoms with E-state index in [4.69, 9.17) is 5.73 Å². The summed E-state index contributed by atoms with van der Waals surface area (Å²) in [6.45, 7) is 11.2.